The Hall–Kier alpha value is -1.60. The molecule has 0 amide bonds. The van der Waals surface area contributed by atoms with Crippen molar-refractivity contribution in [3.8, 4) is 0 Å². The van der Waals surface area contributed by atoms with Crippen LogP contribution in [0.1, 0.15) is 45.0 Å². The monoisotopic (exact) mass is 267 g/mol. The predicted octanol–water partition coefficient (Wildman–Crippen LogP) is 4.54. The smallest absolute Gasteiger partial charge is 0.0579 e. The number of hydrogen-bond acceptors (Lipinski definition) is 1. The maximum Gasteiger partial charge on any atom is 0.0579 e. The Morgan fingerprint density at radius 3 is 1.60 bits per heavy atom. The van der Waals surface area contributed by atoms with Crippen LogP contribution < -0.4 is 5.32 Å². The minimum Gasteiger partial charge on any atom is -0.309 e. The van der Waals surface area contributed by atoms with Gasteiger partial charge in [0, 0.05) is 0 Å². The van der Waals surface area contributed by atoms with E-state index in [4.69, 9.17) is 0 Å². The third-order valence-corrected chi connectivity index (χ3v) is 3.89. The number of nitrogens with one attached hydrogen (secondary N) is 1. The molecule has 0 spiro atoms. The van der Waals surface area contributed by atoms with Gasteiger partial charge in [0.2, 0.25) is 0 Å². The van der Waals surface area contributed by atoms with Crippen LogP contribution in [0.15, 0.2) is 30.3 Å². The topological polar surface area (TPSA) is 12.0 Å². The first kappa shape index (κ1) is 14.8. The largest absolute Gasteiger partial charge is 0.309 e. The number of benzene rings is 2. The standard InChI is InChI=1S/C19H25N/c1-12-7-13(2)11-17(10-12)19(20-6)18-15(4)8-14(3)9-16(18)5/h7-11,19-20H,1-6H3. The van der Waals surface area contributed by atoms with Gasteiger partial charge in [0.25, 0.3) is 0 Å². The Bertz CT molecular complexity index is 582. The van der Waals surface area contributed by atoms with Gasteiger partial charge in [-0.15, -0.1) is 0 Å². The lowest BCUT2D eigenvalue weighted by molar-refractivity contribution is 0.681. The third kappa shape index (κ3) is 2.94. The van der Waals surface area contributed by atoms with Crippen molar-refractivity contribution in [2.45, 2.75) is 40.7 Å². The van der Waals surface area contributed by atoms with Crippen molar-refractivity contribution in [3.05, 3.63) is 69.3 Å². The molecule has 1 N–H and O–H groups in total. The van der Waals surface area contributed by atoms with Crippen LogP contribution in [0.3, 0.4) is 0 Å². The van der Waals surface area contributed by atoms with E-state index in [0.29, 0.717) is 0 Å². The summed E-state index contributed by atoms with van der Waals surface area (Å²) in [4.78, 5) is 0. The zero-order chi connectivity index (χ0) is 14.9. The predicted molar refractivity (Wildman–Crippen MR) is 87.5 cm³/mol. The molecule has 0 saturated heterocycles. The van der Waals surface area contributed by atoms with Gasteiger partial charge in [-0.2, -0.15) is 0 Å². The Labute approximate surface area is 123 Å². The molecule has 20 heavy (non-hydrogen) atoms. The number of aryl methyl sites for hydroxylation is 5. The summed E-state index contributed by atoms with van der Waals surface area (Å²) in [7, 11) is 2.04. The molecule has 2 rings (SSSR count). The molecule has 2 aromatic carbocycles. The van der Waals surface area contributed by atoms with Gasteiger partial charge in [-0.3, -0.25) is 0 Å². The summed E-state index contributed by atoms with van der Waals surface area (Å²) < 4.78 is 0. The fraction of sp³-hybridized carbons (Fsp3) is 0.368. The van der Waals surface area contributed by atoms with Crippen molar-refractivity contribution in [3.63, 3.8) is 0 Å². The van der Waals surface area contributed by atoms with E-state index >= 15 is 0 Å². The van der Waals surface area contributed by atoms with Crippen molar-refractivity contribution < 1.29 is 0 Å². The van der Waals surface area contributed by atoms with Crippen LogP contribution >= 0.6 is 0 Å². The molecule has 2 aromatic rings. The maximum atomic E-state index is 3.49. The van der Waals surface area contributed by atoms with E-state index in [9.17, 15) is 0 Å². The lowest BCUT2D eigenvalue weighted by atomic mass is 9.89. The van der Waals surface area contributed by atoms with Gasteiger partial charge in [0.1, 0.15) is 0 Å². The number of hydrogen-bond donors (Lipinski definition) is 1. The molecule has 0 heterocycles. The molecule has 0 aliphatic rings. The Morgan fingerprint density at radius 1 is 0.700 bits per heavy atom. The fourth-order valence-electron chi connectivity index (χ4n) is 3.30. The highest BCUT2D eigenvalue weighted by atomic mass is 14.9. The summed E-state index contributed by atoms with van der Waals surface area (Å²) >= 11 is 0. The summed E-state index contributed by atoms with van der Waals surface area (Å²) in [5.41, 5.74) is 9.45. The highest BCUT2D eigenvalue weighted by Gasteiger charge is 2.17. The highest BCUT2D eigenvalue weighted by Crippen LogP contribution is 2.29. The molecule has 0 aromatic heterocycles. The summed E-state index contributed by atoms with van der Waals surface area (Å²) in [5.74, 6) is 0. The minimum atomic E-state index is 0.259. The average molecular weight is 267 g/mol. The molecule has 0 radical (unpaired) electrons. The molecule has 0 aliphatic heterocycles. The number of rotatable bonds is 3. The van der Waals surface area contributed by atoms with Crippen LogP contribution in [-0.2, 0) is 0 Å². The molecular formula is C19H25N. The van der Waals surface area contributed by atoms with Gasteiger partial charge in [-0.1, -0.05) is 47.0 Å². The average Bonchev–Trinajstić information content (AvgIpc) is 2.32. The first-order chi connectivity index (χ1) is 9.42. The SMILES string of the molecule is CNC(c1cc(C)cc(C)c1)c1c(C)cc(C)cc1C. The van der Waals surface area contributed by atoms with Gasteiger partial charge in [0.05, 0.1) is 6.04 Å². The van der Waals surface area contributed by atoms with Gasteiger partial charge in [-0.25, -0.2) is 0 Å². The molecule has 1 unspecified atom stereocenters. The van der Waals surface area contributed by atoms with Crippen molar-refractivity contribution in [1.82, 2.24) is 5.32 Å². The van der Waals surface area contributed by atoms with Crippen molar-refractivity contribution >= 4 is 0 Å². The lowest BCUT2D eigenvalue weighted by Gasteiger charge is -2.23. The quantitative estimate of drug-likeness (QED) is 0.861. The zero-order valence-corrected chi connectivity index (χ0v) is 13.5. The molecule has 0 bridgehead atoms. The van der Waals surface area contributed by atoms with E-state index in [1.807, 2.05) is 7.05 Å². The highest BCUT2D eigenvalue weighted by molar-refractivity contribution is 5.45. The summed E-state index contributed by atoms with van der Waals surface area (Å²) in [6.07, 6.45) is 0. The molecule has 0 saturated carbocycles. The molecule has 1 nitrogen and oxygen atoms in total. The molecular weight excluding hydrogens is 242 g/mol. The van der Waals surface area contributed by atoms with Crippen LogP contribution in [0.25, 0.3) is 0 Å². The minimum absolute atomic E-state index is 0.259. The lowest BCUT2D eigenvalue weighted by Crippen LogP contribution is -2.20. The molecule has 1 heteroatoms. The van der Waals surface area contributed by atoms with E-state index in [2.05, 4.69) is 70.3 Å². The second-order valence-electron chi connectivity index (χ2n) is 5.96. The van der Waals surface area contributed by atoms with Crippen LogP contribution in [0.4, 0.5) is 0 Å². The first-order valence-corrected chi connectivity index (χ1v) is 7.25. The summed E-state index contributed by atoms with van der Waals surface area (Å²) in [6, 6.07) is 11.6. The van der Waals surface area contributed by atoms with E-state index in [1.54, 1.807) is 0 Å². The Balaban J connectivity index is 2.58. The zero-order valence-electron chi connectivity index (χ0n) is 13.5. The summed E-state index contributed by atoms with van der Waals surface area (Å²) in [5, 5.41) is 3.49. The molecule has 0 fully saturated rings. The summed E-state index contributed by atoms with van der Waals surface area (Å²) in [6.45, 7) is 10.9. The second kappa shape index (κ2) is 5.80. The van der Waals surface area contributed by atoms with E-state index in [0.717, 1.165) is 0 Å². The normalized spacial score (nSPS) is 12.5. The fourth-order valence-corrected chi connectivity index (χ4v) is 3.30. The van der Waals surface area contributed by atoms with Crippen molar-refractivity contribution in [2.75, 3.05) is 7.05 Å². The van der Waals surface area contributed by atoms with Gasteiger partial charge < -0.3 is 5.32 Å². The van der Waals surface area contributed by atoms with Crippen LogP contribution in [-0.4, -0.2) is 7.05 Å². The molecule has 1 atom stereocenters. The van der Waals surface area contributed by atoms with Gasteiger partial charge >= 0.3 is 0 Å². The second-order valence-corrected chi connectivity index (χ2v) is 5.96. The van der Waals surface area contributed by atoms with Crippen LogP contribution in [0, 0.1) is 34.6 Å². The first-order valence-electron chi connectivity index (χ1n) is 7.25. The Kier molecular flexibility index (Phi) is 4.29. The van der Waals surface area contributed by atoms with Crippen molar-refractivity contribution in [2.24, 2.45) is 0 Å². The Morgan fingerprint density at radius 2 is 1.15 bits per heavy atom. The van der Waals surface area contributed by atoms with Crippen molar-refractivity contribution in [1.29, 1.82) is 0 Å². The van der Waals surface area contributed by atoms with E-state index in [-0.39, 0.29) is 6.04 Å². The maximum absolute atomic E-state index is 3.49. The molecule has 0 aliphatic carbocycles. The third-order valence-electron chi connectivity index (χ3n) is 3.89. The molecule has 106 valence electrons. The van der Waals surface area contributed by atoms with E-state index < -0.39 is 0 Å². The van der Waals surface area contributed by atoms with Crippen LogP contribution in [0.2, 0.25) is 0 Å². The van der Waals surface area contributed by atoms with Crippen LogP contribution in [0.5, 0.6) is 0 Å². The van der Waals surface area contributed by atoms with Gasteiger partial charge in [0.15, 0.2) is 0 Å². The van der Waals surface area contributed by atoms with E-state index in [1.165, 1.54) is 38.9 Å². The van der Waals surface area contributed by atoms with Gasteiger partial charge in [-0.05, 0) is 63.9 Å².